The van der Waals surface area contributed by atoms with E-state index in [-0.39, 0.29) is 18.3 Å². The van der Waals surface area contributed by atoms with Crippen LogP contribution >= 0.6 is 12.4 Å². The molecule has 0 bridgehead atoms. The molecule has 0 aromatic carbocycles. The molecule has 3 N–H and O–H groups in total. The fourth-order valence-corrected chi connectivity index (χ4v) is 1.17. The lowest BCUT2D eigenvalue weighted by molar-refractivity contribution is -0.114. The molecule has 0 aliphatic rings. The van der Waals surface area contributed by atoms with Gasteiger partial charge >= 0.3 is 0 Å². The lowest BCUT2D eigenvalue weighted by atomic mass is 10.3. The predicted molar refractivity (Wildman–Crippen MR) is 74.3 cm³/mol. The molecule has 0 aliphatic heterocycles. The van der Waals surface area contributed by atoms with Crippen molar-refractivity contribution in [2.45, 2.75) is 6.92 Å². The third kappa shape index (κ3) is 5.70. The van der Waals surface area contributed by atoms with Crippen LogP contribution in [0.25, 0.3) is 0 Å². The molecule has 18 heavy (non-hydrogen) atoms. The first-order valence-electron chi connectivity index (χ1n) is 5.29. The van der Waals surface area contributed by atoms with Crippen molar-refractivity contribution in [3.63, 3.8) is 0 Å². The Kier molecular flexibility index (Phi) is 7.07. The van der Waals surface area contributed by atoms with Crippen LogP contribution in [0.15, 0.2) is 12.3 Å². The molecule has 7 heteroatoms. The Morgan fingerprint density at radius 1 is 1.56 bits per heavy atom. The number of carbonyl (C=O) groups is 1. The van der Waals surface area contributed by atoms with Gasteiger partial charge in [-0.2, -0.15) is 0 Å². The van der Waals surface area contributed by atoms with Crippen molar-refractivity contribution >= 4 is 29.8 Å². The van der Waals surface area contributed by atoms with Gasteiger partial charge in [0, 0.05) is 19.5 Å². The Hall–Kier alpha value is -1.53. The molecule has 1 rings (SSSR count). The second-order valence-corrected chi connectivity index (χ2v) is 3.94. The van der Waals surface area contributed by atoms with Crippen molar-refractivity contribution in [3.05, 3.63) is 12.3 Å². The van der Waals surface area contributed by atoms with Gasteiger partial charge in [-0.05, 0) is 14.1 Å². The fourth-order valence-electron chi connectivity index (χ4n) is 1.17. The first-order valence-corrected chi connectivity index (χ1v) is 5.29. The summed E-state index contributed by atoms with van der Waals surface area (Å²) in [5.74, 6) is 0.772. The van der Waals surface area contributed by atoms with E-state index in [2.05, 4.69) is 10.3 Å². The summed E-state index contributed by atoms with van der Waals surface area (Å²) < 4.78 is 5.47. The summed E-state index contributed by atoms with van der Waals surface area (Å²) in [6, 6.07) is 1.58. The second kappa shape index (κ2) is 7.73. The monoisotopic (exact) mass is 274 g/mol. The molecule has 0 fully saturated rings. The number of hydrogen-bond acceptors (Lipinski definition) is 5. The van der Waals surface area contributed by atoms with Crippen molar-refractivity contribution in [2.24, 2.45) is 0 Å². The van der Waals surface area contributed by atoms with Gasteiger partial charge in [0.2, 0.25) is 5.91 Å². The van der Waals surface area contributed by atoms with Crippen LogP contribution in [-0.2, 0) is 4.79 Å². The zero-order valence-corrected chi connectivity index (χ0v) is 11.6. The van der Waals surface area contributed by atoms with Gasteiger partial charge in [-0.25, -0.2) is 4.98 Å². The van der Waals surface area contributed by atoms with Crippen LogP contribution in [0.5, 0.6) is 5.75 Å². The number of rotatable bonds is 5. The largest absolute Gasteiger partial charge is 0.488 e. The van der Waals surface area contributed by atoms with E-state index < -0.39 is 0 Å². The summed E-state index contributed by atoms with van der Waals surface area (Å²) in [6.07, 6.45) is 1.51. The minimum Gasteiger partial charge on any atom is -0.488 e. The zero-order valence-electron chi connectivity index (χ0n) is 10.8. The van der Waals surface area contributed by atoms with Crippen LogP contribution in [0, 0.1) is 0 Å². The molecule has 0 unspecified atom stereocenters. The molecule has 1 aromatic rings. The summed E-state index contributed by atoms with van der Waals surface area (Å²) in [6.45, 7) is 2.75. The highest BCUT2D eigenvalue weighted by Gasteiger charge is 2.04. The summed E-state index contributed by atoms with van der Waals surface area (Å²) in [4.78, 5) is 16.9. The van der Waals surface area contributed by atoms with E-state index in [1.54, 1.807) is 6.07 Å². The van der Waals surface area contributed by atoms with Gasteiger partial charge < -0.3 is 20.7 Å². The smallest absolute Gasteiger partial charge is 0.222 e. The number of halogens is 1. The number of pyridine rings is 1. The van der Waals surface area contributed by atoms with E-state index in [0.29, 0.717) is 23.9 Å². The summed E-state index contributed by atoms with van der Waals surface area (Å²) in [7, 11) is 3.93. The van der Waals surface area contributed by atoms with Gasteiger partial charge in [0.1, 0.15) is 12.4 Å². The summed E-state index contributed by atoms with van der Waals surface area (Å²) in [5, 5.41) is 2.55. The summed E-state index contributed by atoms with van der Waals surface area (Å²) >= 11 is 0. The number of hydrogen-bond donors (Lipinski definition) is 2. The van der Waals surface area contributed by atoms with Crippen LogP contribution < -0.4 is 15.8 Å². The maximum Gasteiger partial charge on any atom is 0.222 e. The lowest BCUT2D eigenvalue weighted by Gasteiger charge is -2.12. The SMILES string of the molecule is CC(=O)Nc1cc(N)c(OCCN(C)C)cn1.Cl. The van der Waals surface area contributed by atoms with Crippen molar-refractivity contribution in [2.75, 3.05) is 38.3 Å². The van der Waals surface area contributed by atoms with E-state index >= 15 is 0 Å². The van der Waals surface area contributed by atoms with Gasteiger partial charge in [0.25, 0.3) is 0 Å². The van der Waals surface area contributed by atoms with Gasteiger partial charge in [0.15, 0.2) is 5.75 Å². The van der Waals surface area contributed by atoms with Gasteiger partial charge in [-0.1, -0.05) is 0 Å². The third-order valence-corrected chi connectivity index (χ3v) is 2.00. The Bertz CT molecular complexity index is 399. The Morgan fingerprint density at radius 3 is 2.72 bits per heavy atom. The standard InChI is InChI=1S/C11H18N4O2.ClH/c1-8(16)14-11-6-9(12)10(7-13-11)17-5-4-15(2)3;/h6-7H,4-5H2,1-3H3,(H3,12,13,14,16);1H. The van der Waals surface area contributed by atoms with E-state index in [9.17, 15) is 4.79 Å². The zero-order chi connectivity index (χ0) is 12.8. The quantitative estimate of drug-likeness (QED) is 0.837. The maximum atomic E-state index is 10.8. The molecular weight excluding hydrogens is 256 g/mol. The number of likely N-dealkylation sites (N-methyl/N-ethyl adjacent to an activating group) is 1. The Balaban J connectivity index is 0.00000289. The molecule has 1 aromatic heterocycles. The van der Waals surface area contributed by atoms with Crippen LogP contribution in [0.4, 0.5) is 11.5 Å². The van der Waals surface area contributed by atoms with Crippen LogP contribution in [-0.4, -0.2) is 43.0 Å². The molecule has 1 heterocycles. The normalized spacial score (nSPS) is 9.78. The minimum atomic E-state index is -0.182. The molecule has 0 aliphatic carbocycles. The Morgan fingerprint density at radius 2 is 2.22 bits per heavy atom. The van der Waals surface area contributed by atoms with Gasteiger partial charge in [0.05, 0.1) is 11.9 Å². The third-order valence-electron chi connectivity index (χ3n) is 2.00. The number of nitrogen functional groups attached to an aromatic ring is 1. The fraction of sp³-hybridized carbons (Fsp3) is 0.455. The highest BCUT2D eigenvalue weighted by molar-refractivity contribution is 5.88. The van der Waals surface area contributed by atoms with E-state index in [1.165, 1.54) is 13.1 Å². The molecule has 0 spiro atoms. The number of nitrogens with two attached hydrogens (primary N) is 1. The molecule has 0 saturated carbocycles. The van der Waals surface area contributed by atoms with E-state index in [4.69, 9.17) is 10.5 Å². The van der Waals surface area contributed by atoms with Crippen molar-refractivity contribution < 1.29 is 9.53 Å². The molecular formula is C11H19ClN4O2. The molecule has 102 valence electrons. The van der Waals surface area contributed by atoms with Gasteiger partial charge in [-0.3, -0.25) is 4.79 Å². The number of amides is 1. The minimum absolute atomic E-state index is 0. The lowest BCUT2D eigenvalue weighted by Crippen LogP contribution is -2.19. The van der Waals surface area contributed by atoms with Crippen LogP contribution in [0.2, 0.25) is 0 Å². The average molecular weight is 275 g/mol. The number of anilines is 2. The molecule has 6 nitrogen and oxygen atoms in total. The first-order chi connectivity index (χ1) is 7.99. The predicted octanol–water partition coefficient (Wildman–Crippen LogP) is 0.984. The van der Waals surface area contributed by atoms with Gasteiger partial charge in [-0.15, -0.1) is 12.4 Å². The van der Waals surface area contributed by atoms with Crippen molar-refractivity contribution in [3.8, 4) is 5.75 Å². The number of nitrogens with zero attached hydrogens (tertiary/aromatic N) is 2. The topological polar surface area (TPSA) is 80.5 Å². The van der Waals surface area contributed by atoms with E-state index in [1.807, 2.05) is 19.0 Å². The number of nitrogens with one attached hydrogen (secondary N) is 1. The van der Waals surface area contributed by atoms with Crippen LogP contribution in [0.1, 0.15) is 6.92 Å². The highest BCUT2D eigenvalue weighted by Crippen LogP contribution is 2.22. The average Bonchev–Trinajstić information content (AvgIpc) is 2.20. The molecule has 0 atom stereocenters. The first kappa shape index (κ1) is 16.5. The number of aromatic nitrogens is 1. The van der Waals surface area contributed by atoms with Crippen molar-refractivity contribution in [1.29, 1.82) is 0 Å². The Labute approximate surface area is 113 Å². The number of ether oxygens (including phenoxy) is 1. The highest BCUT2D eigenvalue weighted by atomic mass is 35.5. The molecule has 0 saturated heterocycles. The maximum absolute atomic E-state index is 10.8. The van der Waals surface area contributed by atoms with E-state index in [0.717, 1.165) is 6.54 Å². The summed E-state index contributed by atoms with van der Waals surface area (Å²) in [5.41, 5.74) is 6.24. The molecule has 1 amide bonds. The second-order valence-electron chi connectivity index (χ2n) is 3.94. The number of carbonyl (C=O) groups excluding carboxylic acids is 1. The van der Waals surface area contributed by atoms with Crippen LogP contribution in [0.3, 0.4) is 0 Å². The van der Waals surface area contributed by atoms with Crippen molar-refractivity contribution in [1.82, 2.24) is 9.88 Å². The molecule has 0 radical (unpaired) electrons.